The summed E-state index contributed by atoms with van der Waals surface area (Å²) in [6.07, 6.45) is 4.79. The third-order valence-electron chi connectivity index (χ3n) is 3.90. The van der Waals surface area contributed by atoms with Crippen molar-refractivity contribution in [2.24, 2.45) is 11.8 Å². The van der Waals surface area contributed by atoms with Crippen molar-refractivity contribution in [3.63, 3.8) is 0 Å². The van der Waals surface area contributed by atoms with Crippen LogP contribution in [-0.2, 0) is 0 Å². The molecule has 0 amide bonds. The molecule has 1 heterocycles. The first-order valence-electron chi connectivity index (χ1n) is 6.33. The molecule has 3 atom stereocenters. The van der Waals surface area contributed by atoms with Crippen molar-refractivity contribution in [3.8, 4) is 0 Å². The van der Waals surface area contributed by atoms with Gasteiger partial charge in [0.15, 0.2) is 0 Å². The van der Waals surface area contributed by atoms with Gasteiger partial charge in [0.05, 0.1) is 6.10 Å². The lowest BCUT2D eigenvalue weighted by Crippen LogP contribution is -2.19. The predicted molar refractivity (Wildman–Crippen MR) is 69.9 cm³/mol. The second kappa shape index (κ2) is 4.89. The molecule has 0 spiro atoms. The Morgan fingerprint density at radius 1 is 1.38 bits per heavy atom. The summed E-state index contributed by atoms with van der Waals surface area (Å²) in [5.41, 5.74) is 1.32. The van der Waals surface area contributed by atoms with Crippen LogP contribution in [0.1, 0.15) is 54.0 Å². The maximum absolute atomic E-state index is 10.4. The van der Waals surface area contributed by atoms with Crippen molar-refractivity contribution in [3.05, 3.63) is 21.4 Å². The van der Waals surface area contributed by atoms with Gasteiger partial charge in [-0.25, -0.2) is 0 Å². The molecule has 0 radical (unpaired) electrons. The Kier molecular flexibility index (Phi) is 3.70. The zero-order valence-corrected chi connectivity index (χ0v) is 11.3. The van der Waals surface area contributed by atoms with Crippen LogP contribution in [0.5, 0.6) is 0 Å². The van der Waals surface area contributed by atoms with E-state index in [0.29, 0.717) is 5.92 Å². The molecule has 90 valence electrons. The maximum atomic E-state index is 10.4. The van der Waals surface area contributed by atoms with Crippen LogP contribution in [0.15, 0.2) is 6.07 Å². The van der Waals surface area contributed by atoms with E-state index in [9.17, 15) is 5.11 Å². The Morgan fingerprint density at radius 2 is 2.12 bits per heavy atom. The highest BCUT2D eigenvalue weighted by atomic mass is 32.1. The molecule has 0 aromatic carbocycles. The molecular weight excluding hydrogens is 216 g/mol. The Balaban J connectivity index is 2.08. The largest absolute Gasteiger partial charge is 0.387 e. The number of rotatable bonds is 2. The van der Waals surface area contributed by atoms with Gasteiger partial charge in [0.1, 0.15) is 0 Å². The average Bonchev–Trinajstić information content (AvgIpc) is 2.58. The second-order valence-corrected chi connectivity index (χ2v) is 6.65. The summed E-state index contributed by atoms with van der Waals surface area (Å²) < 4.78 is 0. The Hall–Kier alpha value is -0.340. The monoisotopic (exact) mass is 238 g/mol. The van der Waals surface area contributed by atoms with E-state index in [1.54, 1.807) is 11.3 Å². The molecule has 2 rings (SSSR count). The molecule has 1 aliphatic rings. The highest BCUT2D eigenvalue weighted by Crippen LogP contribution is 2.39. The standard InChI is InChI=1S/C14H22OS/c1-9-5-4-6-12(7-9)14(15)13-8-10(2)11(3)16-13/h8-9,12,14-15H,4-7H2,1-3H3. The summed E-state index contributed by atoms with van der Waals surface area (Å²) in [5, 5.41) is 10.4. The fraction of sp³-hybridized carbons (Fsp3) is 0.714. The third kappa shape index (κ3) is 2.49. The summed E-state index contributed by atoms with van der Waals surface area (Å²) in [5.74, 6) is 1.27. The summed E-state index contributed by atoms with van der Waals surface area (Å²) >= 11 is 1.77. The van der Waals surface area contributed by atoms with Gasteiger partial charge in [-0.15, -0.1) is 11.3 Å². The average molecular weight is 238 g/mol. The predicted octanol–water partition coefficient (Wildman–Crippen LogP) is 4.22. The number of hydrogen-bond acceptors (Lipinski definition) is 2. The molecule has 1 aromatic rings. The number of thiophene rings is 1. The number of aryl methyl sites for hydroxylation is 2. The quantitative estimate of drug-likeness (QED) is 0.817. The lowest BCUT2D eigenvalue weighted by atomic mass is 9.79. The van der Waals surface area contributed by atoms with Gasteiger partial charge in [-0.2, -0.15) is 0 Å². The van der Waals surface area contributed by atoms with E-state index in [2.05, 4.69) is 26.8 Å². The maximum Gasteiger partial charge on any atom is 0.0910 e. The Bertz CT molecular complexity index is 336. The van der Waals surface area contributed by atoms with Crippen LogP contribution in [0.25, 0.3) is 0 Å². The van der Waals surface area contributed by atoms with E-state index in [-0.39, 0.29) is 6.10 Å². The number of aliphatic hydroxyl groups is 1. The lowest BCUT2D eigenvalue weighted by molar-refractivity contribution is 0.0742. The van der Waals surface area contributed by atoms with Crippen molar-refractivity contribution >= 4 is 11.3 Å². The minimum Gasteiger partial charge on any atom is -0.387 e. The van der Waals surface area contributed by atoms with Gasteiger partial charge < -0.3 is 5.11 Å². The molecule has 0 bridgehead atoms. The molecule has 0 saturated heterocycles. The molecule has 3 unspecified atom stereocenters. The summed E-state index contributed by atoms with van der Waals surface area (Å²) in [6.45, 7) is 6.58. The number of aliphatic hydroxyl groups excluding tert-OH is 1. The van der Waals surface area contributed by atoms with Crippen molar-refractivity contribution in [1.29, 1.82) is 0 Å². The molecule has 0 aliphatic heterocycles. The van der Waals surface area contributed by atoms with Gasteiger partial charge in [0.2, 0.25) is 0 Å². The van der Waals surface area contributed by atoms with E-state index < -0.39 is 0 Å². The zero-order valence-electron chi connectivity index (χ0n) is 10.5. The van der Waals surface area contributed by atoms with Crippen molar-refractivity contribution < 1.29 is 5.11 Å². The molecule has 1 fully saturated rings. The summed E-state index contributed by atoms with van der Waals surface area (Å²) in [7, 11) is 0. The van der Waals surface area contributed by atoms with Gasteiger partial charge in [-0.3, -0.25) is 0 Å². The highest BCUT2D eigenvalue weighted by molar-refractivity contribution is 7.12. The van der Waals surface area contributed by atoms with Gasteiger partial charge in [0.25, 0.3) is 0 Å². The van der Waals surface area contributed by atoms with Crippen molar-refractivity contribution in [2.45, 2.75) is 52.6 Å². The fourth-order valence-corrected chi connectivity index (χ4v) is 3.87. The van der Waals surface area contributed by atoms with E-state index >= 15 is 0 Å². The fourth-order valence-electron chi connectivity index (χ4n) is 2.75. The summed E-state index contributed by atoms with van der Waals surface area (Å²) in [4.78, 5) is 2.52. The normalized spacial score (nSPS) is 28.0. The van der Waals surface area contributed by atoms with Crippen molar-refractivity contribution in [1.82, 2.24) is 0 Å². The third-order valence-corrected chi connectivity index (χ3v) is 5.12. The van der Waals surface area contributed by atoms with Gasteiger partial charge in [-0.05, 0) is 50.2 Å². The minimum absolute atomic E-state index is 0.222. The first-order chi connectivity index (χ1) is 7.58. The van der Waals surface area contributed by atoms with E-state index in [0.717, 1.165) is 5.92 Å². The molecule has 1 N–H and O–H groups in total. The van der Waals surface area contributed by atoms with Crippen LogP contribution in [0.3, 0.4) is 0 Å². The second-order valence-electron chi connectivity index (χ2n) is 5.36. The SMILES string of the molecule is Cc1cc(C(O)C2CCCC(C)C2)sc1C. The molecule has 1 nitrogen and oxygen atoms in total. The first kappa shape index (κ1) is 12.1. The van der Waals surface area contributed by atoms with Crippen LogP contribution in [0, 0.1) is 25.7 Å². The topological polar surface area (TPSA) is 20.2 Å². The summed E-state index contributed by atoms with van der Waals surface area (Å²) in [6, 6.07) is 2.17. The zero-order chi connectivity index (χ0) is 11.7. The lowest BCUT2D eigenvalue weighted by Gasteiger charge is -2.29. The molecule has 1 aromatic heterocycles. The molecule has 16 heavy (non-hydrogen) atoms. The Morgan fingerprint density at radius 3 is 2.69 bits per heavy atom. The van der Waals surface area contributed by atoms with E-state index in [1.807, 2.05) is 0 Å². The van der Waals surface area contributed by atoms with E-state index in [1.165, 1.54) is 41.0 Å². The first-order valence-corrected chi connectivity index (χ1v) is 7.14. The molecular formula is C14H22OS. The van der Waals surface area contributed by atoms with Crippen LogP contribution in [0.2, 0.25) is 0 Å². The number of hydrogen-bond donors (Lipinski definition) is 1. The van der Waals surface area contributed by atoms with Crippen LogP contribution in [-0.4, -0.2) is 5.11 Å². The van der Waals surface area contributed by atoms with Crippen LogP contribution in [0.4, 0.5) is 0 Å². The molecule has 1 saturated carbocycles. The van der Waals surface area contributed by atoms with Crippen LogP contribution >= 0.6 is 11.3 Å². The minimum atomic E-state index is -0.222. The van der Waals surface area contributed by atoms with Crippen LogP contribution < -0.4 is 0 Å². The molecule has 2 heteroatoms. The van der Waals surface area contributed by atoms with Gasteiger partial charge in [0, 0.05) is 9.75 Å². The van der Waals surface area contributed by atoms with Gasteiger partial charge in [-0.1, -0.05) is 19.8 Å². The molecule has 1 aliphatic carbocycles. The van der Waals surface area contributed by atoms with E-state index in [4.69, 9.17) is 0 Å². The van der Waals surface area contributed by atoms with Crippen molar-refractivity contribution in [2.75, 3.05) is 0 Å². The highest BCUT2D eigenvalue weighted by Gasteiger charge is 2.27. The van der Waals surface area contributed by atoms with Gasteiger partial charge >= 0.3 is 0 Å². The smallest absolute Gasteiger partial charge is 0.0910 e. The Labute approximate surface area is 103 Å².